The number of hydrogen-bond donors (Lipinski definition) is 1. The molecule has 8 nitrogen and oxygen atoms in total. The fourth-order valence-electron chi connectivity index (χ4n) is 3.39. The lowest BCUT2D eigenvalue weighted by Gasteiger charge is -2.08. The highest BCUT2D eigenvalue weighted by atomic mass is 19.3. The average Bonchev–Trinajstić information content (AvgIpc) is 3.39. The van der Waals surface area contributed by atoms with Crippen LogP contribution in [0, 0.1) is 13.8 Å². The highest BCUT2D eigenvalue weighted by Crippen LogP contribution is 2.24. The Labute approximate surface area is 181 Å². The number of benzene rings is 1. The van der Waals surface area contributed by atoms with Gasteiger partial charge in [-0.15, -0.1) is 5.10 Å². The lowest BCUT2D eigenvalue weighted by molar-refractivity contribution is 0.145. The van der Waals surface area contributed by atoms with E-state index >= 15 is 0 Å². The van der Waals surface area contributed by atoms with Gasteiger partial charge in [0.05, 0.1) is 16.7 Å². The van der Waals surface area contributed by atoms with Gasteiger partial charge in [0.1, 0.15) is 17.8 Å². The Morgan fingerprint density at radius 2 is 1.78 bits per heavy atom. The number of aryl methyl sites for hydroxylation is 2. The van der Waals surface area contributed by atoms with E-state index in [1.165, 1.54) is 10.7 Å². The van der Waals surface area contributed by atoms with Crippen molar-refractivity contribution in [1.82, 2.24) is 34.5 Å². The Morgan fingerprint density at radius 1 is 0.938 bits per heavy atom. The number of aromatic nitrogens is 7. The molecule has 5 rings (SSSR count). The van der Waals surface area contributed by atoms with Crippen LogP contribution in [-0.4, -0.2) is 34.5 Å². The summed E-state index contributed by atoms with van der Waals surface area (Å²) in [5, 5.41) is 15.3. The molecule has 0 atom stereocenters. The Kier molecular flexibility index (Phi) is 4.81. The predicted molar refractivity (Wildman–Crippen MR) is 116 cm³/mol. The van der Waals surface area contributed by atoms with E-state index in [1.54, 1.807) is 25.4 Å². The number of nitrogens with zero attached hydrogens (tertiary/aromatic N) is 7. The fourth-order valence-corrected chi connectivity index (χ4v) is 3.39. The van der Waals surface area contributed by atoms with Crippen LogP contribution in [-0.2, 0) is 0 Å². The number of alkyl halides is 2. The zero-order valence-electron chi connectivity index (χ0n) is 17.2. The largest absolute Gasteiger partial charge is 0.339 e. The second-order valence-electron chi connectivity index (χ2n) is 7.28. The first-order chi connectivity index (χ1) is 15.5. The molecular formula is C22H18F2N8. The van der Waals surface area contributed by atoms with E-state index in [-0.39, 0.29) is 5.69 Å². The minimum Gasteiger partial charge on any atom is -0.339 e. The van der Waals surface area contributed by atoms with Crippen LogP contribution in [0.2, 0.25) is 0 Å². The van der Waals surface area contributed by atoms with E-state index in [0.717, 1.165) is 22.4 Å². The van der Waals surface area contributed by atoms with Gasteiger partial charge in [0.25, 0.3) is 6.43 Å². The summed E-state index contributed by atoms with van der Waals surface area (Å²) in [5.74, 6) is 1.69. The molecule has 0 fully saturated rings. The van der Waals surface area contributed by atoms with Crippen molar-refractivity contribution in [3.05, 3.63) is 78.0 Å². The zero-order valence-corrected chi connectivity index (χ0v) is 17.2. The average molecular weight is 432 g/mol. The van der Waals surface area contributed by atoms with E-state index in [0.29, 0.717) is 23.1 Å². The van der Waals surface area contributed by atoms with Crippen LogP contribution in [0.15, 0.2) is 60.9 Å². The maximum absolute atomic E-state index is 13.0. The normalized spacial score (nSPS) is 11.4. The van der Waals surface area contributed by atoms with Gasteiger partial charge in [0.15, 0.2) is 11.6 Å². The van der Waals surface area contributed by atoms with Gasteiger partial charge in [-0.3, -0.25) is 4.57 Å². The van der Waals surface area contributed by atoms with Gasteiger partial charge in [-0.1, -0.05) is 6.07 Å². The van der Waals surface area contributed by atoms with Crippen molar-refractivity contribution in [2.75, 3.05) is 5.32 Å². The van der Waals surface area contributed by atoms with E-state index in [9.17, 15) is 8.78 Å². The second-order valence-corrected chi connectivity index (χ2v) is 7.28. The topological polar surface area (TPSA) is 86.3 Å². The third kappa shape index (κ3) is 3.66. The summed E-state index contributed by atoms with van der Waals surface area (Å²) < 4.78 is 29.3. The number of halogens is 2. The SMILES string of the molecule is Cc1ccc(Nc2ccc3c(c2)ncn3-c2cccc(-n3nc(C(F)F)cc3C)n2)nn1. The zero-order chi connectivity index (χ0) is 22.2. The standard InChI is InChI=1S/C22H18F2N8/c1-13-6-9-19(29-28-13)26-15-7-8-18-16(11-15)25-12-31(18)20-4-3-5-21(27-20)32-14(2)10-17(30-32)22(23)24/h3-12,22H,1-2H3,(H,26,29). The number of nitrogens with one attached hydrogen (secondary N) is 1. The van der Waals surface area contributed by atoms with Crippen LogP contribution in [0.1, 0.15) is 23.5 Å². The maximum Gasteiger partial charge on any atom is 0.282 e. The molecule has 4 aromatic heterocycles. The summed E-state index contributed by atoms with van der Waals surface area (Å²) in [6.45, 7) is 3.59. The summed E-state index contributed by atoms with van der Waals surface area (Å²) in [6.07, 6.45) is -0.961. The minimum atomic E-state index is -2.63. The molecule has 0 aliphatic carbocycles. The Bertz CT molecular complexity index is 1410. The number of fused-ring (bicyclic) bond motifs is 1. The molecule has 0 saturated heterocycles. The van der Waals surface area contributed by atoms with E-state index in [4.69, 9.17) is 0 Å². The summed E-state index contributed by atoms with van der Waals surface area (Å²) in [5.41, 5.74) is 3.58. The first-order valence-electron chi connectivity index (χ1n) is 9.85. The van der Waals surface area contributed by atoms with Crippen LogP contribution in [0.5, 0.6) is 0 Å². The van der Waals surface area contributed by atoms with Gasteiger partial charge in [-0.05, 0) is 62.4 Å². The Morgan fingerprint density at radius 3 is 2.53 bits per heavy atom. The van der Waals surface area contributed by atoms with Crippen LogP contribution in [0.3, 0.4) is 0 Å². The van der Waals surface area contributed by atoms with Crippen molar-refractivity contribution >= 4 is 22.5 Å². The molecule has 1 aromatic carbocycles. The van der Waals surface area contributed by atoms with Gasteiger partial charge in [0.2, 0.25) is 0 Å². The molecule has 0 bridgehead atoms. The predicted octanol–water partition coefficient (Wildman–Crippen LogP) is 4.69. The molecule has 0 aliphatic heterocycles. The molecule has 0 radical (unpaired) electrons. The number of hydrogen-bond acceptors (Lipinski definition) is 6. The molecule has 0 aliphatic rings. The number of anilines is 2. The molecule has 0 spiro atoms. The third-order valence-corrected chi connectivity index (χ3v) is 4.93. The molecule has 0 unspecified atom stereocenters. The highest BCUT2D eigenvalue weighted by molar-refractivity contribution is 5.81. The molecule has 1 N–H and O–H groups in total. The third-order valence-electron chi connectivity index (χ3n) is 4.93. The van der Waals surface area contributed by atoms with E-state index in [2.05, 4.69) is 30.6 Å². The van der Waals surface area contributed by atoms with Crippen molar-refractivity contribution in [3.8, 4) is 11.6 Å². The van der Waals surface area contributed by atoms with Crippen LogP contribution in [0.25, 0.3) is 22.7 Å². The molecule has 32 heavy (non-hydrogen) atoms. The van der Waals surface area contributed by atoms with Crippen LogP contribution >= 0.6 is 0 Å². The first-order valence-corrected chi connectivity index (χ1v) is 9.85. The molecule has 4 heterocycles. The van der Waals surface area contributed by atoms with Gasteiger partial charge in [0, 0.05) is 11.4 Å². The molecule has 0 amide bonds. The Hall–Kier alpha value is -4.21. The monoisotopic (exact) mass is 432 g/mol. The quantitative estimate of drug-likeness (QED) is 0.433. The lowest BCUT2D eigenvalue weighted by atomic mass is 10.2. The van der Waals surface area contributed by atoms with Crippen molar-refractivity contribution in [2.45, 2.75) is 20.3 Å². The molecule has 5 aromatic rings. The van der Waals surface area contributed by atoms with Crippen LogP contribution < -0.4 is 5.32 Å². The Balaban J connectivity index is 1.47. The van der Waals surface area contributed by atoms with E-state index in [1.807, 2.05) is 47.9 Å². The number of rotatable bonds is 5. The van der Waals surface area contributed by atoms with Gasteiger partial charge < -0.3 is 5.32 Å². The van der Waals surface area contributed by atoms with Crippen molar-refractivity contribution < 1.29 is 8.78 Å². The van der Waals surface area contributed by atoms with Gasteiger partial charge in [-0.2, -0.15) is 10.2 Å². The summed E-state index contributed by atoms with van der Waals surface area (Å²) in [4.78, 5) is 9.10. The highest BCUT2D eigenvalue weighted by Gasteiger charge is 2.15. The first kappa shape index (κ1) is 19.7. The smallest absolute Gasteiger partial charge is 0.282 e. The molecular weight excluding hydrogens is 414 g/mol. The van der Waals surface area contributed by atoms with Crippen molar-refractivity contribution in [2.24, 2.45) is 0 Å². The minimum absolute atomic E-state index is 0.277. The van der Waals surface area contributed by atoms with Crippen molar-refractivity contribution in [3.63, 3.8) is 0 Å². The summed E-state index contributed by atoms with van der Waals surface area (Å²) in [6, 6.07) is 16.2. The number of imidazole rings is 1. The maximum atomic E-state index is 13.0. The molecule has 160 valence electrons. The summed E-state index contributed by atoms with van der Waals surface area (Å²) >= 11 is 0. The van der Waals surface area contributed by atoms with Gasteiger partial charge >= 0.3 is 0 Å². The lowest BCUT2D eigenvalue weighted by Crippen LogP contribution is -2.05. The van der Waals surface area contributed by atoms with E-state index < -0.39 is 6.43 Å². The van der Waals surface area contributed by atoms with Crippen LogP contribution in [0.4, 0.5) is 20.3 Å². The van der Waals surface area contributed by atoms with Crippen molar-refractivity contribution in [1.29, 1.82) is 0 Å². The fraction of sp³-hybridized carbons (Fsp3) is 0.136. The summed E-state index contributed by atoms with van der Waals surface area (Å²) in [7, 11) is 0. The van der Waals surface area contributed by atoms with Gasteiger partial charge in [-0.25, -0.2) is 23.4 Å². The molecule has 0 saturated carbocycles. The number of pyridine rings is 1. The second kappa shape index (κ2) is 7.80. The molecule has 10 heteroatoms.